The second-order valence-corrected chi connectivity index (χ2v) is 7.37. The zero-order valence-electron chi connectivity index (χ0n) is 14.9. The van der Waals surface area contributed by atoms with Gasteiger partial charge in [-0.3, -0.25) is 9.69 Å². The van der Waals surface area contributed by atoms with Gasteiger partial charge in [0.15, 0.2) is 0 Å². The molecule has 2 heterocycles. The summed E-state index contributed by atoms with van der Waals surface area (Å²) in [5, 5.41) is 10.9. The number of carbonyl (C=O) groups excluding carboxylic acids is 2. The van der Waals surface area contributed by atoms with Crippen molar-refractivity contribution in [1.29, 1.82) is 0 Å². The van der Waals surface area contributed by atoms with E-state index in [1.54, 1.807) is 24.3 Å². The maximum Gasteiger partial charge on any atom is 0.325 e. The van der Waals surface area contributed by atoms with Crippen molar-refractivity contribution in [3.8, 4) is 11.5 Å². The van der Waals surface area contributed by atoms with Gasteiger partial charge in [-0.2, -0.15) is 0 Å². The summed E-state index contributed by atoms with van der Waals surface area (Å²) in [7, 11) is 0. The van der Waals surface area contributed by atoms with E-state index < -0.39 is 23.3 Å². The van der Waals surface area contributed by atoms with E-state index in [4.69, 9.17) is 27.6 Å². The van der Waals surface area contributed by atoms with Crippen molar-refractivity contribution in [1.82, 2.24) is 20.4 Å². The van der Waals surface area contributed by atoms with Crippen LogP contribution in [0.3, 0.4) is 0 Å². The Bertz CT molecular complexity index is 1140. The monoisotopic (exact) mass is 434 g/mol. The van der Waals surface area contributed by atoms with E-state index in [0.29, 0.717) is 10.6 Å². The number of nitrogens with zero attached hydrogens (tertiary/aromatic N) is 3. The minimum Gasteiger partial charge on any atom is -0.419 e. The zero-order valence-corrected chi connectivity index (χ0v) is 16.5. The molecule has 1 saturated heterocycles. The molecule has 2 aromatic carbocycles. The van der Waals surface area contributed by atoms with Gasteiger partial charge < -0.3 is 9.73 Å². The minimum atomic E-state index is -1.45. The first kappa shape index (κ1) is 19.4. The third-order valence-corrected chi connectivity index (χ3v) is 5.25. The number of aromatic nitrogens is 2. The molecule has 148 valence electrons. The van der Waals surface area contributed by atoms with Crippen LogP contribution in [-0.2, 0) is 16.9 Å². The van der Waals surface area contributed by atoms with E-state index in [1.165, 1.54) is 19.1 Å². The largest absolute Gasteiger partial charge is 0.419 e. The van der Waals surface area contributed by atoms with Crippen LogP contribution in [0.2, 0.25) is 10.0 Å². The molecule has 1 N–H and O–H groups in total. The summed E-state index contributed by atoms with van der Waals surface area (Å²) in [5.41, 5.74) is -0.634. The van der Waals surface area contributed by atoms with Crippen LogP contribution in [0.5, 0.6) is 0 Å². The van der Waals surface area contributed by atoms with Gasteiger partial charge in [-0.25, -0.2) is 9.18 Å². The third-order valence-electron chi connectivity index (χ3n) is 4.61. The number of imide groups is 1. The van der Waals surface area contributed by atoms with Crippen LogP contribution in [-0.4, -0.2) is 27.0 Å². The summed E-state index contributed by atoms with van der Waals surface area (Å²) >= 11 is 12.2. The lowest BCUT2D eigenvalue weighted by molar-refractivity contribution is -0.131. The number of carbonyl (C=O) groups is 2. The average molecular weight is 435 g/mol. The topological polar surface area (TPSA) is 88.3 Å². The fourth-order valence-electron chi connectivity index (χ4n) is 3.11. The van der Waals surface area contributed by atoms with Crippen molar-refractivity contribution in [2.45, 2.75) is 19.0 Å². The predicted molar refractivity (Wildman–Crippen MR) is 103 cm³/mol. The van der Waals surface area contributed by atoms with Crippen LogP contribution >= 0.6 is 23.2 Å². The number of hydrogen-bond donors (Lipinski definition) is 1. The van der Waals surface area contributed by atoms with Crippen molar-refractivity contribution >= 4 is 35.1 Å². The molecule has 0 spiro atoms. The summed E-state index contributed by atoms with van der Waals surface area (Å²) in [5.74, 6) is -0.901. The van der Waals surface area contributed by atoms with Crippen molar-refractivity contribution < 1.29 is 18.4 Å². The van der Waals surface area contributed by atoms with E-state index in [1.807, 2.05) is 0 Å². The summed E-state index contributed by atoms with van der Waals surface area (Å²) < 4.78 is 18.9. The second-order valence-electron chi connectivity index (χ2n) is 6.55. The Morgan fingerprint density at radius 1 is 1.14 bits per heavy atom. The van der Waals surface area contributed by atoms with Crippen LogP contribution in [0.4, 0.5) is 9.18 Å². The Morgan fingerprint density at radius 2 is 1.90 bits per heavy atom. The second kappa shape index (κ2) is 7.13. The minimum absolute atomic E-state index is 0.0294. The Morgan fingerprint density at radius 3 is 2.62 bits per heavy atom. The number of urea groups is 1. The van der Waals surface area contributed by atoms with Gasteiger partial charge in [0.25, 0.3) is 5.91 Å². The third kappa shape index (κ3) is 3.34. The molecule has 1 atom stereocenters. The quantitative estimate of drug-likeness (QED) is 0.623. The number of hydrogen-bond acceptors (Lipinski definition) is 5. The lowest BCUT2D eigenvalue weighted by atomic mass is 9.92. The predicted octanol–water partition coefficient (Wildman–Crippen LogP) is 4.15. The van der Waals surface area contributed by atoms with E-state index in [-0.39, 0.29) is 28.9 Å². The van der Waals surface area contributed by atoms with Gasteiger partial charge in [0.05, 0.1) is 10.6 Å². The number of halogens is 3. The van der Waals surface area contributed by atoms with Crippen molar-refractivity contribution in [3.63, 3.8) is 0 Å². The molecule has 0 bridgehead atoms. The molecule has 1 fully saturated rings. The van der Waals surface area contributed by atoms with Gasteiger partial charge >= 0.3 is 6.03 Å². The molecule has 3 amide bonds. The number of nitrogens with one attached hydrogen (secondary N) is 1. The lowest BCUT2D eigenvalue weighted by Crippen LogP contribution is -2.41. The molecule has 1 aromatic heterocycles. The summed E-state index contributed by atoms with van der Waals surface area (Å²) in [6.07, 6.45) is 0. The molecule has 10 heteroatoms. The van der Waals surface area contributed by atoms with Crippen molar-refractivity contribution in [3.05, 3.63) is 69.8 Å². The summed E-state index contributed by atoms with van der Waals surface area (Å²) in [6.45, 7) is 1.26. The van der Waals surface area contributed by atoms with Gasteiger partial charge in [0.2, 0.25) is 11.8 Å². The maximum absolute atomic E-state index is 13.4. The zero-order chi connectivity index (χ0) is 20.8. The fourth-order valence-corrected chi connectivity index (χ4v) is 3.69. The van der Waals surface area contributed by atoms with E-state index in [2.05, 4.69) is 15.5 Å². The first-order chi connectivity index (χ1) is 13.8. The fraction of sp³-hybridized carbons (Fsp3) is 0.158. The Balaban J connectivity index is 1.60. The molecule has 0 saturated carbocycles. The molecular formula is C19H13Cl2FN4O3. The number of benzene rings is 2. The first-order valence-electron chi connectivity index (χ1n) is 8.46. The van der Waals surface area contributed by atoms with Gasteiger partial charge in [-0.05, 0) is 31.2 Å². The van der Waals surface area contributed by atoms with Gasteiger partial charge in [0.1, 0.15) is 17.9 Å². The van der Waals surface area contributed by atoms with Crippen molar-refractivity contribution in [2.24, 2.45) is 0 Å². The summed E-state index contributed by atoms with van der Waals surface area (Å²) in [6, 6.07) is 9.87. The molecule has 0 radical (unpaired) electrons. The molecule has 4 rings (SSSR count). The Hall–Kier alpha value is -2.97. The van der Waals surface area contributed by atoms with E-state index in [0.717, 1.165) is 11.0 Å². The highest BCUT2D eigenvalue weighted by molar-refractivity contribution is 6.33. The Kier molecular flexibility index (Phi) is 4.76. The SMILES string of the molecule is CC1(c2ccc(F)cc2Cl)NC(=O)N(Cc2nnc(-c3ccccc3Cl)o2)C1=O. The maximum atomic E-state index is 13.4. The van der Waals surface area contributed by atoms with E-state index in [9.17, 15) is 14.0 Å². The number of amides is 3. The molecule has 7 nitrogen and oxygen atoms in total. The lowest BCUT2D eigenvalue weighted by Gasteiger charge is -2.23. The highest BCUT2D eigenvalue weighted by Crippen LogP contribution is 2.35. The molecule has 1 aliphatic heterocycles. The van der Waals surface area contributed by atoms with Crippen molar-refractivity contribution in [2.75, 3.05) is 0 Å². The normalized spacial score (nSPS) is 19.0. The molecule has 29 heavy (non-hydrogen) atoms. The highest BCUT2D eigenvalue weighted by Gasteiger charge is 2.50. The van der Waals surface area contributed by atoms with Gasteiger partial charge in [0, 0.05) is 10.6 Å². The highest BCUT2D eigenvalue weighted by atomic mass is 35.5. The molecule has 1 aliphatic rings. The molecular weight excluding hydrogens is 422 g/mol. The van der Waals surface area contributed by atoms with Crippen LogP contribution in [0.25, 0.3) is 11.5 Å². The smallest absolute Gasteiger partial charge is 0.325 e. The molecule has 1 unspecified atom stereocenters. The number of rotatable bonds is 4. The van der Waals surface area contributed by atoms with Gasteiger partial charge in [-0.15, -0.1) is 10.2 Å². The van der Waals surface area contributed by atoms with Gasteiger partial charge in [-0.1, -0.05) is 41.4 Å². The van der Waals surface area contributed by atoms with E-state index >= 15 is 0 Å². The summed E-state index contributed by atoms with van der Waals surface area (Å²) in [4.78, 5) is 26.4. The molecule has 0 aliphatic carbocycles. The molecule has 3 aromatic rings. The van der Waals surface area contributed by atoms with Crippen LogP contribution in [0.1, 0.15) is 18.4 Å². The Labute approximate surface area is 174 Å². The first-order valence-corrected chi connectivity index (χ1v) is 9.22. The van der Waals surface area contributed by atoms with Crippen LogP contribution in [0.15, 0.2) is 46.9 Å². The van der Waals surface area contributed by atoms with Crippen LogP contribution in [0, 0.1) is 5.82 Å². The average Bonchev–Trinajstić information content (AvgIpc) is 3.21. The van der Waals surface area contributed by atoms with Crippen LogP contribution < -0.4 is 5.32 Å². The standard InChI is InChI=1S/C19H13Cl2FN4O3/c1-19(12-7-6-10(22)8-14(12)21)17(27)26(18(28)23-19)9-15-24-25-16(29-15)11-4-2-3-5-13(11)20/h2-8H,9H2,1H3,(H,23,28).